The van der Waals surface area contributed by atoms with Crippen molar-refractivity contribution in [3.05, 3.63) is 88.8 Å². The van der Waals surface area contributed by atoms with Gasteiger partial charge in [0, 0.05) is 36.7 Å². The maximum absolute atomic E-state index is 12.5. The minimum absolute atomic E-state index is 0.155. The number of nitrogens with zero attached hydrogens (tertiary/aromatic N) is 2. The van der Waals surface area contributed by atoms with Gasteiger partial charge < -0.3 is 10.6 Å². The van der Waals surface area contributed by atoms with Crippen LogP contribution >= 0.6 is 11.6 Å². The van der Waals surface area contributed by atoms with E-state index >= 15 is 0 Å². The van der Waals surface area contributed by atoms with Crippen molar-refractivity contribution < 1.29 is 4.79 Å². The standard InChI is InChI=1S/C20H19ClN4O/c21-17-4-1-3-15(13-17)8-12-24-20(26)18-5-2-9-23-19(18)25-14-16-6-10-22-11-7-16/h1-7,9-11,13H,8,12,14H2,(H,23,25)(H,24,26). The average molecular weight is 367 g/mol. The lowest BCUT2D eigenvalue weighted by molar-refractivity contribution is 0.0954. The average Bonchev–Trinajstić information content (AvgIpc) is 2.67. The predicted molar refractivity (Wildman–Crippen MR) is 103 cm³/mol. The fourth-order valence-corrected chi connectivity index (χ4v) is 2.74. The first kappa shape index (κ1) is 17.9. The summed E-state index contributed by atoms with van der Waals surface area (Å²) in [6.45, 7) is 1.10. The summed E-state index contributed by atoms with van der Waals surface area (Å²) in [6.07, 6.45) is 5.85. The number of anilines is 1. The van der Waals surface area contributed by atoms with Crippen LogP contribution in [0, 0.1) is 0 Å². The van der Waals surface area contributed by atoms with E-state index < -0.39 is 0 Å². The molecule has 0 bridgehead atoms. The van der Waals surface area contributed by atoms with E-state index in [4.69, 9.17) is 11.6 Å². The molecular formula is C20H19ClN4O. The molecule has 0 aliphatic carbocycles. The molecule has 2 N–H and O–H groups in total. The molecule has 2 heterocycles. The van der Waals surface area contributed by atoms with Crippen molar-refractivity contribution in [2.45, 2.75) is 13.0 Å². The molecule has 0 unspecified atom stereocenters. The van der Waals surface area contributed by atoms with Gasteiger partial charge >= 0.3 is 0 Å². The van der Waals surface area contributed by atoms with E-state index in [1.165, 1.54) is 0 Å². The van der Waals surface area contributed by atoms with E-state index in [1.54, 1.807) is 30.7 Å². The third-order valence-electron chi connectivity index (χ3n) is 3.85. The van der Waals surface area contributed by atoms with Crippen molar-refractivity contribution in [2.24, 2.45) is 0 Å². The molecule has 0 aliphatic rings. The number of nitrogens with one attached hydrogen (secondary N) is 2. The fourth-order valence-electron chi connectivity index (χ4n) is 2.52. The zero-order valence-corrected chi connectivity index (χ0v) is 14.9. The highest BCUT2D eigenvalue weighted by Crippen LogP contribution is 2.13. The lowest BCUT2D eigenvalue weighted by Gasteiger charge is -2.11. The van der Waals surface area contributed by atoms with Gasteiger partial charge in [-0.2, -0.15) is 0 Å². The summed E-state index contributed by atoms with van der Waals surface area (Å²) in [5.41, 5.74) is 2.67. The molecule has 0 radical (unpaired) electrons. The summed E-state index contributed by atoms with van der Waals surface area (Å²) >= 11 is 5.98. The Hall–Kier alpha value is -2.92. The topological polar surface area (TPSA) is 66.9 Å². The molecule has 0 atom stereocenters. The lowest BCUT2D eigenvalue weighted by Crippen LogP contribution is -2.26. The van der Waals surface area contributed by atoms with Crippen LogP contribution in [0.5, 0.6) is 0 Å². The zero-order valence-electron chi connectivity index (χ0n) is 14.2. The maximum atomic E-state index is 12.5. The van der Waals surface area contributed by atoms with Crippen molar-refractivity contribution in [3.8, 4) is 0 Å². The Labute approximate surface area is 157 Å². The zero-order chi connectivity index (χ0) is 18.2. The molecule has 0 fully saturated rings. The first-order valence-corrected chi connectivity index (χ1v) is 8.70. The van der Waals surface area contributed by atoms with Crippen molar-refractivity contribution in [3.63, 3.8) is 0 Å². The largest absolute Gasteiger partial charge is 0.365 e. The van der Waals surface area contributed by atoms with Gasteiger partial charge in [0.25, 0.3) is 5.91 Å². The van der Waals surface area contributed by atoms with Crippen LogP contribution in [0.3, 0.4) is 0 Å². The molecule has 1 amide bonds. The number of pyridine rings is 2. The van der Waals surface area contributed by atoms with E-state index in [0.717, 1.165) is 11.1 Å². The summed E-state index contributed by atoms with van der Waals surface area (Å²) in [4.78, 5) is 20.8. The number of hydrogen-bond acceptors (Lipinski definition) is 4. The van der Waals surface area contributed by atoms with Gasteiger partial charge in [0.1, 0.15) is 5.82 Å². The number of rotatable bonds is 7. The Morgan fingerprint density at radius 3 is 2.65 bits per heavy atom. The molecule has 1 aromatic carbocycles. The number of aromatic nitrogens is 2. The normalized spacial score (nSPS) is 10.3. The van der Waals surface area contributed by atoms with Gasteiger partial charge in [0.05, 0.1) is 5.56 Å². The minimum Gasteiger partial charge on any atom is -0.365 e. The second-order valence-electron chi connectivity index (χ2n) is 5.74. The molecule has 2 aromatic heterocycles. The van der Waals surface area contributed by atoms with Crippen LogP contribution in [0.1, 0.15) is 21.5 Å². The lowest BCUT2D eigenvalue weighted by atomic mass is 10.1. The van der Waals surface area contributed by atoms with Crippen LogP contribution in [0.15, 0.2) is 67.1 Å². The van der Waals surface area contributed by atoms with Gasteiger partial charge in [0.15, 0.2) is 0 Å². The van der Waals surface area contributed by atoms with Crippen LogP contribution < -0.4 is 10.6 Å². The van der Waals surface area contributed by atoms with E-state index in [9.17, 15) is 4.79 Å². The molecule has 3 aromatic rings. The maximum Gasteiger partial charge on any atom is 0.255 e. The molecule has 5 nitrogen and oxygen atoms in total. The number of benzene rings is 1. The summed E-state index contributed by atoms with van der Waals surface area (Å²) in [5, 5.41) is 6.84. The van der Waals surface area contributed by atoms with Crippen molar-refractivity contribution >= 4 is 23.3 Å². The second-order valence-corrected chi connectivity index (χ2v) is 6.18. The van der Waals surface area contributed by atoms with Crippen LogP contribution in [-0.4, -0.2) is 22.4 Å². The Balaban J connectivity index is 1.58. The summed E-state index contributed by atoms with van der Waals surface area (Å²) in [5.74, 6) is 0.405. The molecule has 26 heavy (non-hydrogen) atoms. The van der Waals surface area contributed by atoms with Gasteiger partial charge in [-0.3, -0.25) is 9.78 Å². The van der Waals surface area contributed by atoms with E-state index in [2.05, 4.69) is 20.6 Å². The minimum atomic E-state index is -0.155. The third-order valence-corrected chi connectivity index (χ3v) is 4.09. The first-order valence-electron chi connectivity index (χ1n) is 8.33. The highest BCUT2D eigenvalue weighted by Gasteiger charge is 2.11. The van der Waals surface area contributed by atoms with Crippen LogP contribution in [-0.2, 0) is 13.0 Å². The van der Waals surface area contributed by atoms with Crippen molar-refractivity contribution in [2.75, 3.05) is 11.9 Å². The van der Waals surface area contributed by atoms with Gasteiger partial charge in [-0.05, 0) is 53.9 Å². The smallest absolute Gasteiger partial charge is 0.255 e. The molecule has 0 aliphatic heterocycles. The Morgan fingerprint density at radius 1 is 1.00 bits per heavy atom. The van der Waals surface area contributed by atoms with Crippen LogP contribution in [0.2, 0.25) is 5.02 Å². The van der Waals surface area contributed by atoms with Crippen molar-refractivity contribution in [1.29, 1.82) is 0 Å². The van der Waals surface area contributed by atoms with E-state index in [-0.39, 0.29) is 5.91 Å². The molecule has 0 spiro atoms. The quantitative estimate of drug-likeness (QED) is 0.668. The molecule has 3 rings (SSSR count). The summed E-state index contributed by atoms with van der Waals surface area (Å²) in [7, 11) is 0. The van der Waals surface area contributed by atoms with E-state index in [1.807, 2.05) is 36.4 Å². The second kappa shape index (κ2) is 8.97. The number of carbonyl (C=O) groups excluding carboxylic acids is 1. The molecule has 132 valence electrons. The molecule has 6 heteroatoms. The Morgan fingerprint density at radius 2 is 1.85 bits per heavy atom. The van der Waals surface area contributed by atoms with Gasteiger partial charge in [-0.25, -0.2) is 4.98 Å². The van der Waals surface area contributed by atoms with Crippen LogP contribution in [0.25, 0.3) is 0 Å². The first-order chi connectivity index (χ1) is 12.7. The van der Waals surface area contributed by atoms with Gasteiger partial charge in [0.2, 0.25) is 0 Å². The molecule has 0 saturated heterocycles. The van der Waals surface area contributed by atoms with E-state index in [0.29, 0.717) is 35.9 Å². The summed E-state index contributed by atoms with van der Waals surface area (Å²) < 4.78 is 0. The third kappa shape index (κ3) is 5.04. The number of amides is 1. The fraction of sp³-hybridized carbons (Fsp3) is 0.150. The molecule has 0 saturated carbocycles. The number of hydrogen-bond donors (Lipinski definition) is 2. The monoisotopic (exact) mass is 366 g/mol. The van der Waals surface area contributed by atoms with Crippen molar-refractivity contribution in [1.82, 2.24) is 15.3 Å². The highest BCUT2D eigenvalue weighted by atomic mass is 35.5. The number of halogens is 1. The molecular weight excluding hydrogens is 348 g/mol. The van der Waals surface area contributed by atoms with Crippen LogP contribution in [0.4, 0.5) is 5.82 Å². The number of carbonyl (C=O) groups is 1. The predicted octanol–water partition coefficient (Wildman–Crippen LogP) is 3.71. The SMILES string of the molecule is O=C(NCCc1cccc(Cl)c1)c1cccnc1NCc1ccncc1. The Kier molecular flexibility index (Phi) is 6.17. The summed E-state index contributed by atoms with van der Waals surface area (Å²) in [6, 6.07) is 15.0. The van der Waals surface area contributed by atoms with Gasteiger partial charge in [-0.15, -0.1) is 0 Å². The Bertz CT molecular complexity index is 870. The highest BCUT2D eigenvalue weighted by molar-refractivity contribution is 6.30. The van der Waals surface area contributed by atoms with Gasteiger partial charge in [-0.1, -0.05) is 23.7 Å².